The molecule has 0 fully saturated rings. The minimum Gasteiger partial charge on any atom is -0.325 e. The van der Waals surface area contributed by atoms with Gasteiger partial charge in [0.05, 0.1) is 6.54 Å². The summed E-state index contributed by atoms with van der Waals surface area (Å²) >= 11 is 5.87. The van der Waals surface area contributed by atoms with E-state index in [0.29, 0.717) is 11.6 Å². The number of nitrogens with one attached hydrogen (secondary N) is 2. The maximum atomic E-state index is 11.8. The highest BCUT2D eigenvalue weighted by atomic mass is 35.5. The van der Waals surface area contributed by atoms with Gasteiger partial charge < -0.3 is 15.5 Å². The van der Waals surface area contributed by atoms with Gasteiger partial charge in [0, 0.05) is 23.8 Å². The van der Waals surface area contributed by atoms with Crippen LogP contribution in [0.4, 0.5) is 5.69 Å². The van der Waals surface area contributed by atoms with Gasteiger partial charge in [-0.05, 0) is 37.7 Å². The number of carbonyl (C=O) groups excluding carboxylic acids is 1. The minimum atomic E-state index is -0.0621. The van der Waals surface area contributed by atoms with E-state index in [1.807, 2.05) is 26.2 Å². The van der Waals surface area contributed by atoms with Crippen LogP contribution in [-0.4, -0.2) is 44.5 Å². The van der Waals surface area contributed by atoms with Crippen LogP contribution in [-0.2, 0) is 4.79 Å². The van der Waals surface area contributed by atoms with Crippen molar-refractivity contribution in [2.75, 3.05) is 39.0 Å². The first-order chi connectivity index (χ1) is 9.28. The third kappa shape index (κ3) is 6.89. The molecule has 0 heterocycles. The Kier molecular flexibility index (Phi) is 6.46. The summed E-state index contributed by atoms with van der Waals surface area (Å²) in [5.74, 6) is -0.0621. The van der Waals surface area contributed by atoms with Gasteiger partial charge >= 0.3 is 0 Å². The normalized spacial score (nSPS) is 11.7. The molecule has 0 spiro atoms. The molecule has 0 saturated heterocycles. The highest BCUT2D eigenvalue weighted by Crippen LogP contribution is 2.15. The van der Waals surface area contributed by atoms with E-state index in [0.717, 1.165) is 18.8 Å². The summed E-state index contributed by atoms with van der Waals surface area (Å²) in [7, 11) is 4.10. The first kappa shape index (κ1) is 17.0. The SMILES string of the molecule is CN(C)CC(C)(C)CNCC(=O)Nc1cccc(Cl)c1. The van der Waals surface area contributed by atoms with Crippen molar-refractivity contribution >= 4 is 23.2 Å². The second-order valence-corrected chi connectivity index (χ2v) is 6.50. The van der Waals surface area contributed by atoms with E-state index in [-0.39, 0.29) is 11.3 Å². The molecule has 20 heavy (non-hydrogen) atoms. The lowest BCUT2D eigenvalue weighted by atomic mass is 9.93. The predicted octanol–water partition coefficient (Wildman–Crippen LogP) is 2.46. The predicted molar refractivity (Wildman–Crippen MR) is 85.3 cm³/mol. The molecule has 1 rings (SSSR count). The van der Waals surface area contributed by atoms with Gasteiger partial charge in [-0.25, -0.2) is 0 Å². The monoisotopic (exact) mass is 297 g/mol. The van der Waals surface area contributed by atoms with Gasteiger partial charge in [0.25, 0.3) is 0 Å². The molecule has 0 bridgehead atoms. The molecule has 1 amide bonds. The van der Waals surface area contributed by atoms with E-state index >= 15 is 0 Å². The van der Waals surface area contributed by atoms with Crippen molar-refractivity contribution in [3.63, 3.8) is 0 Å². The number of nitrogens with zero attached hydrogens (tertiary/aromatic N) is 1. The average molecular weight is 298 g/mol. The molecule has 4 nitrogen and oxygen atoms in total. The average Bonchev–Trinajstić information content (AvgIpc) is 2.26. The number of benzene rings is 1. The molecule has 1 aromatic carbocycles. The summed E-state index contributed by atoms with van der Waals surface area (Å²) in [5, 5.41) is 6.62. The molecule has 0 aromatic heterocycles. The quantitative estimate of drug-likeness (QED) is 0.812. The van der Waals surface area contributed by atoms with E-state index in [2.05, 4.69) is 29.4 Å². The fourth-order valence-electron chi connectivity index (χ4n) is 2.20. The topological polar surface area (TPSA) is 44.4 Å². The molecule has 2 N–H and O–H groups in total. The van der Waals surface area contributed by atoms with Crippen LogP contribution in [0.2, 0.25) is 5.02 Å². The van der Waals surface area contributed by atoms with Crippen LogP contribution >= 0.6 is 11.6 Å². The molecule has 0 radical (unpaired) electrons. The zero-order valence-electron chi connectivity index (χ0n) is 12.7. The third-order valence-electron chi connectivity index (χ3n) is 2.74. The highest BCUT2D eigenvalue weighted by molar-refractivity contribution is 6.30. The number of rotatable bonds is 7. The van der Waals surface area contributed by atoms with Crippen LogP contribution in [0.15, 0.2) is 24.3 Å². The highest BCUT2D eigenvalue weighted by Gasteiger charge is 2.18. The van der Waals surface area contributed by atoms with Gasteiger partial charge in [-0.3, -0.25) is 4.79 Å². The van der Waals surface area contributed by atoms with Crippen LogP contribution in [0.3, 0.4) is 0 Å². The van der Waals surface area contributed by atoms with E-state index in [9.17, 15) is 4.79 Å². The number of carbonyl (C=O) groups is 1. The molecule has 0 aliphatic rings. The third-order valence-corrected chi connectivity index (χ3v) is 2.98. The second-order valence-electron chi connectivity index (χ2n) is 6.06. The van der Waals surface area contributed by atoms with Crippen molar-refractivity contribution in [3.05, 3.63) is 29.3 Å². The Morgan fingerprint density at radius 3 is 2.65 bits per heavy atom. The first-order valence-electron chi connectivity index (χ1n) is 6.69. The number of halogens is 1. The fraction of sp³-hybridized carbons (Fsp3) is 0.533. The Morgan fingerprint density at radius 2 is 2.05 bits per heavy atom. The van der Waals surface area contributed by atoms with E-state index < -0.39 is 0 Å². The van der Waals surface area contributed by atoms with Crippen LogP contribution in [0, 0.1) is 5.41 Å². The maximum absolute atomic E-state index is 11.8. The molecule has 0 unspecified atom stereocenters. The van der Waals surface area contributed by atoms with Gasteiger partial charge in [-0.2, -0.15) is 0 Å². The van der Waals surface area contributed by atoms with Crippen molar-refractivity contribution in [2.45, 2.75) is 13.8 Å². The van der Waals surface area contributed by atoms with Gasteiger partial charge in [0.2, 0.25) is 5.91 Å². The Morgan fingerprint density at radius 1 is 1.35 bits per heavy atom. The zero-order chi connectivity index (χ0) is 15.2. The van der Waals surface area contributed by atoms with Crippen LogP contribution in [0.1, 0.15) is 13.8 Å². The molecule has 0 aliphatic heterocycles. The van der Waals surface area contributed by atoms with Crippen molar-refractivity contribution in [1.82, 2.24) is 10.2 Å². The Hall–Kier alpha value is -1.10. The fourth-order valence-corrected chi connectivity index (χ4v) is 2.39. The molecule has 112 valence electrons. The number of hydrogen-bond donors (Lipinski definition) is 2. The largest absolute Gasteiger partial charge is 0.325 e. The summed E-state index contributed by atoms with van der Waals surface area (Å²) in [4.78, 5) is 14.0. The smallest absolute Gasteiger partial charge is 0.238 e. The lowest BCUT2D eigenvalue weighted by molar-refractivity contribution is -0.115. The van der Waals surface area contributed by atoms with Crippen molar-refractivity contribution in [2.24, 2.45) is 5.41 Å². The van der Waals surface area contributed by atoms with E-state index in [1.54, 1.807) is 12.1 Å². The summed E-state index contributed by atoms with van der Waals surface area (Å²) in [6, 6.07) is 7.14. The molecule has 1 aromatic rings. The van der Waals surface area contributed by atoms with Crippen LogP contribution < -0.4 is 10.6 Å². The van der Waals surface area contributed by atoms with Gasteiger partial charge in [0.1, 0.15) is 0 Å². The molecule has 0 saturated carbocycles. The number of amides is 1. The Labute approximate surface area is 126 Å². The molecular formula is C15H24ClN3O. The molecule has 0 aliphatic carbocycles. The standard InChI is InChI=1S/C15H24ClN3O/c1-15(2,11-19(3)4)10-17-9-14(20)18-13-7-5-6-12(16)8-13/h5-8,17H,9-11H2,1-4H3,(H,18,20). The minimum absolute atomic E-state index is 0.0621. The molecule has 5 heteroatoms. The first-order valence-corrected chi connectivity index (χ1v) is 7.07. The van der Waals surface area contributed by atoms with Crippen LogP contribution in [0.5, 0.6) is 0 Å². The van der Waals surface area contributed by atoms with Crippen molar-refractivity contribution in [1.29, 1.82) is 0 Å². The van der Waals surface area contributed by atoms with E-state index in [1.165, 1.54) is 0 Å². The van der Waals surface area contributed by atoms with Crippen molar-refractivity contribution in [3.8, 4) is 0 Å². The zero-order valence-corrected chi connectivity index (χ0v) is 13.4. The number of hydrogen-bond acceptors (Lipinski definition) is 3. The maximum Gasteiger partial charge on any atom is 0.238 e. The van der Waals surface area contributed by atoms with Crippen molar-refractivity contribution < 1.29 is 4.79 Å². The summed E-state index contributed by atoms with van der Waals surface area (Å²) in [6.07, 6.45) is 0. The molecule has 0 atom stereocenters. The number of anilines is 1. The van der Waals surface area contributed by atoms with Gasteiger partial charge in [-0.15, -0.1) is 0 Å². The summed E-state index contributed by atoms with van der Waals surface area (Å²) in [6.45, 7) is 6.40. The second kappa shape index (κ2) is 7.62. The lowest BCUT2D eigenvalue weighted by Gasteiger charge is -2.28. The van der Waals surface area contributed by atoms with Crippen LogP contribution in [0.25, 0.3) is 0 Å². The Balaban J connectivity index is 2.33. The lowest BCUT2D eigenvalue weighted by Crippen LogP contribution is -2.40. The Bertz CT molecular complexity index is 446. The van der Waals surface area contributed by atoms with Gasteiger partial charge in [0.15, 0.2) is 0 Å². The summed E-state index contributed by atoms with van der Waals surface area (Å²) in [5.41, 5.74) is 0.844. The van der Waals surface area contributed by atoms with Gasteiger partial charge in [-0.1, -0.05) is 31.5 Å². The van der Waals surface area contributed by atoms with E-state index in [4.69, 9.17) is 11.6 Å². The summed E-state index contributed by atoms with van der Waals surface area (Å²) < 4.78 is 0. The molecular weight excluding hydrogens is 274 g/mol.